The number of hydrogen-bond donors (Lipinski definition) is 0. The van der Waals surface area contributed by atoms with Crippen molar-refractivity contribution in [3.05, 3.63) is 35.4 Å². The second-order valence-corrected chi connectivity index (χ2v) is 4.77. The molecule has 1 heterocycles. The van der Waals surface area contributed by atoms with Gasteiger partial charge in [-0.15, -0.1) is 0 Å². The molecule has 0 bridgehead atoms. The number of Topliss-reactive ketones (excluding diaryl/α,β-unsaturated/α-hetero) is 1. The Morgan fingerprint density at radius 1 is 1.06 bits per heavy atom. The molecule has 16 heavy (non-hydrogen) atoms. The number of ether oxygens (including phenoxy) is 1. The predicted molar refractivity (Wildman–Crippen MR) is 61.5 cm³/mol. The number of rotatable bonds is 0. The van der Waals surface area contributed by atoms with Crippen molar-refractivity contribution in [2.24, 2.45) is 0 Å². The number of hydrogen-bond acceptors (Lipinski definition) is 2. The van der Waals surface area contributed by atoms with Gasteiger partial charge < -0.3 is 4.74 Å². The molecule has 1 saturated heterocycles. The molecule has 1 aromatic rings. The van der Waals surface area contributed by atoms with Crippen molar-refractivity contribution < 1.29 is 9.53 Å². The zero-order valence-corrected chi connectivity index (χ0v) is 9.37. The van der Waals surface area contributed by atoms with E-state index in [1.54, 1.807) is 0 Å². The van der Waals surface area contributed by atoms with Crippen LogP contribution < -0.4 is 0 Å². The Balaban J connectivity index is 2.12. The molecule has 0 amide bonds. The van der Waals surface area contributed by atoms with Crippen molar-refractivity contribution in [2.75, 3.05) is 13.2 Å². The SMILES string of the molecule is O=C1CCc2ccccc2C12CCOCC2. The first-order valence-corrected chi connectivity index (χ1v) is 6.02. The molecule has 1 aliphatic carbocycles. The summed E-state index contributed by atoms with van der Waals surface area (Å²) in [5.74, 6) is 0.425. The lowest BCUT2D eigenvalue weighted by Crippen LogP contribution is -2.44. The molecule has 2 nitrogen and oxygen atoms in total. The third kappa shape index (κ3) is 1.33. The molecule has 1 aromatic carbocycles. The Bertz CT molecular complexity index is 416. The van der Waals surface area contributed by atoms with Crippen molar-refractivity contribution in [3.63, 3.8) is 0 Å². The van der Waals surface area contributed by atoms with E-state index in [-0.39, 0.29) is 5.41 Å². The van der Waals surface area contributed by atoms with Crippen LogP contribution in [0.4, 0.5) is 0 Å². The minimum absolute atomic E-state index is 0.215. The van der Waals surface area contributed by atoms with E-state index in [0.29, 0.717) is 12.2 Å². The molecule has 0 radical (unpaired) electrons. The molecule has 0 aromatic heterocycles. The van der Waals surface area contributed by atoms with Crippen LogP contribution >= 0.6 is 0 Å². The Morgan fingerprint density at radius 2 is 1.81 bits per heavy atom. The average molecular weight is 216 g/mol. The molecule has 84 valence electrons. The van der Waals surface area contributed by atoms with Gasteiger partial charge in [0.15, 0.2) is 0 Å². The second-order valence-electron chi connectivity index (χ2n) is 4.77. The summed E-state index contributed by atoms with van der Waals surface area (Å²) >= 11 is 0. The molecular formula is C14H16O2. The van der Waals surface area contributed by atoms with E-state index >= 15 is 0 Å². The molecular weight excluding hydrogens is 200 g/mol. The third-order valence-electron chi connectivity index (χ3n) is 4.03. The van der Waals surface area contributed by atoms with Gasteiger partial charge in [0, 0.05) is 19.6 Å². The summed E-state index contributed by atoms with van der Waals surface area (Å²) in [6.45, 7) is 1.44. The highest BCUT2D eigenvalue weighted by Crippen LogP contribution is 2.41. The zero-order chi connectivity index (χ0) is 11.0. The molecule has 0 unspecified atom stereocenters. The van der Waals surface area contributed by atoms with E-state index in [2.05, 4.69) is 24.3 Å². The van der Waals surface area contributed by atoms with Crippen LogP contribution in [0, 0.1) is 0 Å². The fourth-order valence-corrected chi connectivity index (χ4v) is 3.11. The monoisotopic (exact) mass is 216 g/mol. The quantitative estimate of drug-likeness (QED) is 0.665. The molecule has 0 atom stereocenters. The van der Waals surface area contributed by atoms with Gasteiger partial charge in [0.2, 0.25) is 0 Å². The summed E-state index contributed by atoms with van der Waals surface area (Å²) in [7, 11) is 0. The molecule has 1 fully saturated rings. The smallest absolute Gasteiger partial charge is 0.143 e. The van der Waals surface area contributed by atoms with Gasteiger partial charge in [-0.1, -0.05) is 24.3 Å². The highest BCUT2D eigenvalue weighted by atomic mass is 16.5. The largest absolute Gasteiger partial charge is 0.381 e. The summed E-state index contributed by atoms with van der Waals surface area (Å²) in [5, 5.41) is 0. The first-order chi connectivity index (χ1) is 7.83. The van der Waals surface area contributed by atoms with E-state index in [1.807, 2.05) is 0 Å². The molecule has 2 aliphatic rings. The maximum absolute atomic E-state index is 12.3. The molecule has 0 N–H and O–H groups in total. The number of benzene rings is 1. The number of carbonyl (C=O) groups is 1. The van der Waals surface area contributed by atoms with Crippen molar-refractivity contribution in [2.45, 2.75) is 31.1 Å². The minimum atomic E-state index is -0.215. The fraction of sp³-hybridized carbons (Fsp3) is 0.500. The Labute approximate surface area is 95.6 Å². The topological polar surface area (TPSA) is 26.3 Å². The molecule has 1 aliphatic heterocycles. The standard InChI is InChI=1S/C14H16O2/c15-13-6-5-11-3-1-2-4-12(11)14(13)7-9-16-10-8-14/h1-4H,5-10H2. The van der Waals surface area contributed by atoms with E-state index in [4.69, 9.17) is 4.74 Å². The predicted octanol–water partition coefficient (Wildman–Crippen LogP) is 2.25. The van der Waals surface area contributed by atoms with E-state index in [9.17, 15) is 4.79 Å². The lowest BCUT2D eigenvalue weighted by Gasteiger charge is -2.40. The van der Waals surface area contributed by atoms with Gasteiger partial charge in [0.1, 0.15) is 5.78 Å². The summed E-state index contributed by atoms with van der Waals surface area (Å²) in [6, 6.07) is 8.42. The van der Waals surface area contributed by atoms with Gasteiger partial charge in [-0.3, -0.25) is 4.79 Å². The lowest BCUT2D eigenvalue weighted by atomic mass is 9.65. The average Bonchev–Trinajstić information content (AvgIpc) is 2.36. The maximum atomic E-state index is 12.3. The Kier molecular flexibility index (Phi) is 2.32. The van der Waals surface area contributed by atoms with Crippen molar-refractivity contribution in [1.82, 2.24) is 0 Å². The molecule has 1 spiro atoms. The Morgan fingerprint density at radius 3 is 2.62 bits per heavy atom. The van der Waals surface area contributed by atoms with Crippen LogP contribution in [0.1, 0.15) is 30.4 Å². The van der Waals surface area contributed by atoms with Gasteiger partial charge in [0.05, 0.1) is 5.41 Å². The summed E-state index contributed by atoms with van der Waals surface area (Å²) in [4.78, 5) is 12.3. The maximum Gasteiger partial charge on any atom is 0.143 e. The number of carbonyl (C=O) groups excluding carboxylic acids is 1. The van der Waals surface area contributed by atoms with Crippen LogP contribution in [0.2, 0.25) is 0 Å². The fourth-order valence-electron chi connectivity index (χ4n) is 3.11. The number of aryl methyl sites for hydroxylation is 1. The van der Waals surface area contributed by atoms with Crippen LogP contribution in [-0.4, -0.2) is 19.0 Å². The highest BCUT2D eigenvalue weighted by Gasteiger charge is 2.44. The van der Waals surface area contributed by atoms with E-state index in [1.165, 1.54) is 11.1 Å². The van der Waals surface area contributed by atoms with Crippen LogP contribution in [0.15, 0.2) is 24.3 Å². The van der Waals surface area contributed by atoms with Crippen LogP contribution in [0.3, 0.4) is 0 Å². The summed E-state index contributed by atoms with van der Waals surface area (Å²) in [6.07, 6.45) is 3.35. The highest BCUT2D eigenvalue weighted by molar-refractivity contribution is 5.92. The minimum Gasteiger partial charge on any atom is -0.381 e. The van der Waals surface area contributed by atoms with Crippen molar-refractivity contribution >= 4 is 5.78 Å². The van der Waals surface area contributed by atoms with E-state index < -0.39 is 0 Å². The zero-order valence-electron chi connectivity index (χ0n) is 9.37. The van der Waals surface area contributed by atoms with Gasteiger partial charge in [-0.2, -0.15) is 0 Å². The summed E-state index contributed by atoms with van der Waals surface area (Å²) in [5.41, 5.74) is 2.42. The molecule has 2 heteroatoms. The number of ketones is 1. The second kappa shape index (κ2) is 3.70. The van der Waals surface area contributed by atoms with Crippen LogP contribution in [0.5, 0.6) is 0 Å². The first kappa shape index (κ1) is 10.0. The van der Waals surface area contributed by atoms with Gasteiger partial charge >= 0.3 is 0 Å². The van der Waals surface area contributed by atoms with Crippen molar-refractivity contribution in [1.29, 1.82) is 0 Å². The molecule has 3 rings (SSSR count). The first-order valence-electron chi connectivity index (χ1n) is 6.02. The van der Waals surface area contributed by atoms with E-state index in [0.717, 1.165) is 32.5 Å². The van der Waals surface area contributed by atoms with Crippen molar-refractivity contribution in [3.8, 4) is 0 Å². The number of fused-ring (bicyclic) bond motifs is 2. The molecule has 0 saturated carbocycles. The van der Waals surface area contributed by atoms with Gasteiger partial charge in [-0.05, 0) is 30.4 Å². The summed E-state index contributed by atoms with van der Waals surface area (Å²) < 4.78 is 5.41. The van der Waals surface area contributed by atoms with Gasteiger partial charge in [-0.25, -0.2) is 0 Å². The normalized spacial score (nSPS) is 23.1. The van der Waals surface area contributed by atoms with Crippen LogP contribution in [-0.2, 0) is 21.4 Å². The van der Waals surface area contributed by atoms with Gasteiger partial charge in [0.25, 0.3) is 0 Å². The third-order valence-corrected chi connectivity index (χ3v) is 4.03. The Hall–Kier alpha value is -1.15. The lowest BCUT2D eigenvalue weighted by molar-refractivity contribution is -0.128. The van der Waals surface area contributed by atoms with Crippen LogP contribution in [0.25, 0.3) is 0 Å².